The van der Waals surface area contributed by atoms with Gasteiger partial charge in [0.25, 0.3) is 5.91 Å². The van der Waals surface area contributed by atoms with E-state index in [1.807, 2.05) is 37.4 Å². The van der Waals surface area contributed by atoms with Crippen LogP contribution >= 0.6 is 11.3 Å². The highest BCUT2D eigenvalue weighted by Gasteiger charge is 2.27. The number of hydrogen-bond acceptors (Lipinski definition) is 7. The number of thiazole rings is 1. The van der Waals surface area contributed by atoms with Gasteiger partial charge in [0, 0.05) is 30.8 Å². The third kappa shape index (κ3) is 8.53. The molecule has 34 heavy (non-hydrogen) atoms. The first-order valence-electron chi connectivity index (χ1n) is 11.5. The molecule has 1 heterocycles. The van der Waals surface area contributed by atoms with Gasteiger partial charge in [0.15, 0.2) is 6.10 Å². The van der Waals surface area contributed by atoms with Gasteiger partial charge in [0.2, 0.25) is 0 Å². The first-order chi connectivity index (χ1) is 16.1. The zero-order valence-electron chi connectivity index (χ0n) is 20.4. The van der Waals surface area contributed by atoms with Crippen LogP contribution in [0, 0.1) is 11.8 Å². The second kappa shape index (κ2) is 13.2. The Morgan fingerprint density at radius 1 is 1.12 bits per heavy atom. The van der Waals surface area contributed by atoms with E-state index in [9.17, 15) is 19.5 Å². The van der Waals surface area contributed by atoms with Crippen LogP contribution < -0.4 is 10.6 Å². The van der Waals surface area contributed by atoms with Gasteiger partial charge in [-0.25, -0.2) is 4.98 Å². The van der Waals surface area contributed by atoms with Crippen molar-refractivity contribution in [1.82, 2.24) is 15.6 Å². The summed E-state index contributed by atoms with van der Waals surface area (Å²) >= 11 is 1.27. The van der Waals surface area contributed by atoms with Gasteiger partial charge in [0.1, 0.15) is 10.7 Å². The summed E-state index contributed by atoms with van der Waals surface area (Å²) in [4.78, 5) is 40.6. The van der Waals surface area contributed by atoms with Crippen molar-refractivity contribution in [3.63, 3.8) is 0 Å². The fraction of sp³-hybridized carbons (Fsp3) is 0.520. The van der Waals surface area contributed by atoms with E-state index in [4.69, 9.17) is 4.74 Å². The van der Waals surface area contributed by atoms with Gasteiger partial charge >= 0.3 is 11.9 Å². The molecule has 0 fully saturated rings. The normalized spacial score (nSPS) is 14.8. The van der Waals surface area contributed by atoms with Crippen molar-refractivity contribution in [3.8, 4) is 0 Å². The van der Waals surface area contributed by atoms with E-state index in [0.29, 0.717) is 30.2 Å². The summed E-state index contributed by atoms with van der Waals surface area (Å²) in [7, 11) is 1.86. The van der Waals surface area contributed by atoms with Crippen LogP contribution in [0.5, 0.6) is 0 Å². The molecular weight excluding hydrogens is 454 g/mol. The smallest absolute Gasteiger partial charge is 0.306 e. The number of rotatable bonds is 13. The van der Waals surface area contributed by atoms with Crippen molar-refractivity contribution in [2.75, 3.05) is 7.05 Å². The first-order valence-corrected chi connectivity index (χ1v) is 12.4. The van der Waals surface area contributed by atoms with Crippen LogP contribution in [0.15, 0.2) is 35.7 Å². The second-order valence-electron chi connectivity index (χ2n) is 8.88. The van der Waals surface area contributed by atoms with Crippen molar-refractivity contribution >= 4 is 29.2 Å². The predicted molar refractivity (Wildman–Crippen MR) is 132 cm³/mol. The van der Waals surface area contributed by atoms with Crippen molar-refractivity contribution in [2.45, 2.75) is 65.1 Å². The Kier molecular flexibility index (Phi) is 10.7. The molecule has 2 rings (SSSR count). The number of benzene rings is 1. The molecule has 0 saturated carbocycles. The molecule has 1 amide bonds. The van der Waals surface area contributed by atoms with E-state index in [-0.39, 0.29) is 23.7 Å². The van der Waals surface area contributed by atoms with Crippen molar-refractivity contribution in [1.29, 1.82) is 0 Å². The Bertz CT molecular complexity index is 947. The predicted octanol–water partition coefficient (Wildman–Crippen LogP) is 3.83. The van der Waals surface area contributed by atoms with E-state index >= 15 is 0 Å². The maximum absolute atomic E-state index is 13.0. The molecule has 2 aromatic rings. The van der Waals surface area contributed by atoms with Crippen LogP contribution in [0.2, 0.25) is 0 Å². The zero-order valence-corrected chi connectivity index (χ0v) is 21.2. The summed E-state index contributed by atoms with van der Waals surface area (Å²) in [5, 5.41) is 17.7. The molecule has 0 radical (unpaired) electrons. The highest BCUT2D eigenvalue weighted by molar-refractivity contribution is 7.09. The van der Waals surface area contributed by atoms with E-state index in [1.54, 1.807) is 12.3 Å². The number of carboxylic acid groups (broad SMARTS) is 1. The molecule has 0 aliphatic carbocycles. The van der Waals surface area contributed by atoms with Crippen molar-refractivity contribution in [3.05, 3.63) is 52.0 Å². The molecule has 9 heteroatoms. The number of nitrogens with one attached hydrogen (secondary N) is 2. The average Bonchev–Trinajstić information content (AvgIpc) is 3.27. The number of aliphatic carboxylic acids is 1. The number of amides is 1. The Morgan fingerprint density at radius 2 is 1.79 bits per heavy atom. The van der Waals surface area contributed by atoms with Crippen LogP contribution in [-0.2, 0) is 20.7 Å². The monoisotopic (exact) mass is 489 g/mol. The molecule has 0 aliphatic heterocycles. The number of carbonyl (C=O) groups excluding carboxylic acids is 2. The number of aromatic nitrogens is 1. The van der Waals surface area contributed by atoms with E-state index in [1.165, 1.54) is 18.3 Å². The molecule has 0 aliphatic rings. The fourth-order valence-corrected chi connectivity index (χ4v) is 4.61. The third-order valence-corrected chi connectivity index (χ3v) is 6.64. The highest BCUT2D eigenvalue weighted by Crippen LogP contribution is 2.28. The van der Waals surface area contributed by atoms with Gasteiger partial charge in [0.05, 0.1) is 5.92 Å². The molecule has 0 spiro atoms. The second-order valence-corrected chi connectivity index (χ2v) is 9.77. The van der Waals surface area contributed by atoms with Crippen LogP contribution in [0.25, 0.3) is 0 Å². The number of carboxylic acids is 1. The minimum Gasteiger partial charge on any atom is -0.481 e. The van der Waals surface area contributed by atoms with Gasteiger partial charge in [-0.05, 0) is 31.4 Å². The number of nitrogens with zero attached hydrogens (tertiary/aromatic N) is 1. The summed E-state index contributed by atoms with van der Waals surface area (Å²) in [5.41, 5.74) is 1.23. The molecular formula is C25H35N3O5S. The van der Waals surface area contributed by atoms with Gasteiger partial charge in [-0.1, -0.05) is 51.1 Å². The first kappa shape index (κ1) is 27.5. The molecule has 186 valence electrons. The summed E-state index contributed by atoms with van der Waals surface area (Å²) < 4.78 is 5.52. The number of ether oxygens (including phenoxy) is 1. The molecule has 3 N–H and O–H groups in total. The van der Waals surface area contributed by atoms with E-state index < -0.39 is 24.0 Å². The van der Waals surface area contributed by atoms with Crippen molar-refractivity contribution in [2.24, 2.45) is 11.8 Å². The lowest BCUT2D eigenvalue weighted by molar-refractivity contribution is -0.147. The lowest BCUT2D eigenvalue weighted by Gasteiger charge is -2.24. The maximum Gasteiger partial charge on any atom is 0.306 e. The molecule has 0 saturated heterocycles. The summed E-state index contributed by atoms with van der Waals surface area (Å²) in [6.45, 7) is 7.15. The quantitative estimate of drug-likeness (QED) is 0.366. The van der Waals surface area contributed by atoms with Gasteiger partial charge in [-0.15, -0.1) is 11.3 Å². The highest BCUT2D eigenvalue weighted by atomic mass is 32.1. The molecule has 1 aromatic carbocycles. The Morgan fingerprint density at radius 3 is 2.35 bits per heavy atom. The van der Waals surface area contributed by atoms with E-state index in [0.717, 1.165) is 5.56 Å². The molecule has 4 atom stereocenters. The average molecular weight is 490 g/mol. The minimum atomic E-state index is -0.906. The summed E-state index contributed by atoms with van der Waals surface area (Å²) in [5.74, 6) is -1.98. The van der Waals surface area contributed by atoms with Gasteiger partial charge in [-0.2, -0.15) is 0 Å². The summed E-state index contributed by atoms with van der Waals surface area (Å²) in [6.07, 6.45) is 0.780. The molecule has 8 nitrogen and oxygen atoms in total. The van der Waals surface area contributed by atoms with Crippen LogP contribution in [-0.4, -0.2) is 47.1 Å². The molecule has 0 bridgehead atoms. The van der Waals surface area contributed by atoms with Crippen LogP contribution in [0.4, 0.5) is 0 Å². The van der Waals surface area contributed by atoms with Gasteiger partial charge < -0.3 is 20.5 Å². The topological polar surface area (TPSA) is 118 Å². The number of esters is 1. The lowest BCUT2D eigenvalue weighted by Crippen LogP contribution is -2.38. The fourth-order valence-electron chi connectivity index (χ4n) is 3.77. The number of carbonyl (C=O) groups is 3. The maximum atomic E-state index is 13.0. The lowest BCUT2D eigenvalue weighted by atomic mass is 9.96. The Hall–Kier alpha value is -2.78. The minimum absolute atomic E-state index is 0.110. The van der Waals surface area contributed by atoms with Gasteiger partial charge in [-0.3, -0.25) is 14.4 Å². The van der Waals surface area contributed by atoms with Crippen molar-refractivity contribution < 1.29 is 24.2 Å². The zero-order chi connectivity index (χ0) is 25.3. The molecule has 1 aromatic heterocycles. The Labute approximate surface area is 205 Å². The van der Waals surface area contributed by atoms with E-state index in [2.05, 4.69) is 29.5 Å². The van der Waals surface area contributed by atoms with Crippen LogP contribution in [0.3, 0.4) is 0 Å². The SMILES string of the molecule is CN[C@H](C[C@@H](OC(C)=O)c1nc(C(=O)NC(Cc2ccccc2)CC(C)C(=O)O)cs1)C(C)C. The largest absolute Gasteiger partial charge is 0.481 e. The number of hydrogen-bond donors (Lipinski definition) is 3. The third-order valence-electron chi connectivity index (χ3n) is 5.70. The molecule has 2 unspecified atom stereocenters. The Balaban J connectivity index is 2.18. The summed E-state index contributed by atoms with van der Waals surface area (Å²) in [6, 6.07) is 9.36. The van der Waals surface area contributed by atoms with Crippen LogP contribution in [0.1, 0.15) is 67.7 Å². The standard InChI is InChI=1S/C25H35N3O5S/c1-15(2)20(26-5)13-22(33-17(4)29)24-28-21(14-34-24)23(30)27-19(11-16(3)25(31)32)12-18-9-7-6-8-10-18/h6-10,14-16,19-20,22,26H,11-13H2,1-5H3,(H,27,30)(H,31,32)/t16?,19?,20-,22-/m1/s1.